The first kappa shape index (κ1) is 34.9. The Labute approximate surface area is 287 Å². The number of aliphatic hydroxyl groups excluding tert-OH is 1. The molecule has 4 aromatic rings. The predicted molar refractivity (Wildman–Crippen MR) is 185 cm³/mol. The van der Waals surface area contributed by atoms with Crippen molar-refractivity contribution in [2.75, 3.05) is 24.7 Å². The summed E-state index contributed by atoms with van der Waals surface area (Å²) in [5.41, 5.74) is 1.68. The number of Topliss-reactive ketones (excluding diaryl/α,β-unsaturated/α-hetero) is 1. The molecule has 48 heavy (non-hydrogen) atoms. The van der Waals surface area contributed by atoms with E-state index in [4.69, 9.17) is 14.2 Å². The third-order valence-corrected chi connectivity index (χ3v) is 9.59. The summed E-state index contributed by atoms with van der Waals surface area (Å²) in [7, 11) is 0. The number of carbonyl (C=O) groups is 2. The molecule has 9 nitrogen and oxygen atoms in total. The van der Waals surface area contributed by atoms with E-state index in [1.807, 2.05) is 13.8 Å². The van der Waals surface area contributed by atoms with Crippen molar-refractivity contribution in [3.8, 4) is 17.2 Å². The van der Waals surface area contributed by atoms with E-state index in [2.05, 4.69) is 24.0 Å². The molecular formula is C36H38FN3O6S2. The van der Waals surface area contributed by atoms with Gasteiger partial charge in [-0.3, -0.25) is 14.5 Å². The van der Waals surface area contributed by atoms with Crippen LogP contribution in [0.4, 0.5) is 9.52 Å². The third kappa shape index (κ3) is 8.16. The maximum absolute atomic E-state index is 13.8. The van der Waals surface area contributed by atoms with Crippen LogP contribution < -0.4 is 19.1 Å². The molecule has 1 aliphatic heterocycles. The number of aliphatic hydroxyl groups is 1. The number of rotatable bonds is 15. The normalized spacial score (nSPS) is 15.7. The van der Waals surface area contributed by atoms with E-state index in [1.165, 1.54) is 28.8 Å². The van der Waals surface area contributed by atoms with E-state index in [1.54, 1.807) is 54.6 Å². The van der Waals surface area contributed by atoms with Gasteiger partial charge < -0.3 is 19.3 Å². The molecule has 0 radical (unpaired) electrons. The first-order valence-electron chi connectivity index (χ1n) is 15.8. The monoisotopic (exact) mass is 691 g/mol. The van der Waals surface area contributed by atoms with Crippen LogP contribution in [0.25, 0.3) is 5.76 Å². The average molecular weight is 692 g/mol. The Morgan fingerprint density at radius 3 is 2.40 bits per heavy atom. The molecule has 1 aromatic heterocycles. The summed E-state index contributed by atoms with van der Waals surface area (Å²) >= 11 is 2.53. The largest absolute Gasteiger partial charge is 0.507 e. The lowest BCUT2D eigenvalue weighted by atomic mass is 9.95. The molecule has 252 valence electrons. The number of amides is 1. The fourth-order valence-electron chi connectivity index (χ4n) is 5.00. The summed E-state index contributed by atoms with van der Waals surface area (Å²) in [4.78, 5) is 28.8. The topological polar surface area (TPSA) is 111 Å². The number of carbonyl (C=O) groups excluding carboxylic acids is 2. The summed E-state index contributed by atoms with van der Waals surface area (Å²) in [6, 6.07) is 17.1. The number of benzene rings is 3. The van der Waals surface area contributed by atoms with Crippen LogP contribution in [-0.2, 0) is 15.3 Å². The minimum Gasteiger partial charge on any atom is -0.507 e. The van der Waals surface area contributed by atoms with Gasteiger partial charge in [0.1, 0.15) is 17.3 Å². The van der Waals surface area contributed by atoms with Crippen LogP contribution >= 0.6 is 23.1 Å². The van der Waals surface area contributed by atoms with Gasteiger partial charge in [-0.05, 0) is 85.3 Å². The highest BCUT2D eigenvalue weighted by Gasteiger charge is 2.48. The summed E-state index contributed by atoms with van der Waals surface area (Å²) in [6.45, 7) is 9.50. The average Bonchev–Trinajstić information content (AvgIpc) is 3.65. The number of halogens is 1. The van der Waals surface area contributed by atoms with E-state index >= 15 is 0 Å². The van der Waals surface area contributed by atoms with Crippen molar-refractivity contribution in [1.82, 2.24) is 10.2 Å². The Balaban J connectivity index is 1.54. The number of anilines is 1. The second-order valence-corrected chi connectivity index (χ2v) is 13.7. The van der Waals surface area contributed by atoms with E-state index in [9.17, 15) is 19.1 Å². The van der Waals surface area contributed by atoms with Crippen LogP contribution in [0.2, 0.25) is 0 Å². The van der Waals surface area contributed by atoms with Crippen LogP contribution in [0.3, 0.4) is 0 Å². The lowest BCUT2D eigenvalue weighted by molar-refractivity contribution is -0.132. The first-order valence-corrected chi connectivity index (χ1v) is 17.6. The highest BCUT2D eigenvalue weighted by atomic mass is 32.2. The first-order chi connectivity index (χ1) is 23.2. The van der Waals surface area contributed by atoms with Crippen molar-refractivity contribution >= 4 is 45.7 Å². The molecule has 5 rings (SSSR count). The molecule has 1 unspecified atom stereocenters. The van der Waals surface area contributed by atoms with Crippen LogP contribution in [0.1, 0.15) is 63.3 Å². The van der Waals surface area contributed by atoms with Crippen LogP contribution in [0.5, 0.6) is 17.2 Å². The third-order valence-electron chi connectivity index (χ3n) is 7.46. The van der Waals surface area contributed by atoms with Crippen molar-refractivity contribution < 1.29 is 33.3 Å². The van der Waals surface area contributed by atoms with Crippen LogP contribution in [0, 0.1) is 11.7 Å². The fourth-order valence-corrected chi connectivity index (χ4v) is 6.82. The zero-order chi connectivity index (χ0) is 34.2. The molecule has 0 spiro atoms. The zero-order valence-electron chi connectivity index (χ0n) is 27.3. The number of ketones is 1. The smallest absolute Gasteiger partial charge is 0.301 e. The maximum atomic E-state index is 13.8. The summed E-state index contributed by atoms with van der Waals surface area (Å²) in [5, 5.41) is 20.4. The molecule has 3 aromatic carbocycles. The Bertz CT molecular complexity index is 1760. The highest BCUT2D eigenvalue weighted by molar-refractivity contribution is 8.00. The minimum absolute atomic E-state index is 0.0890. The number of aromatic nitrogens is 2. The van der Waals surface area contributed by atoms with Gasteiger partial charge in [-0.1, -0.05) is 62.1 Å². The Morgan fingerprint density at radius 2 is 1.71 bits per heavy atom. The van der Waals surface area contributed by atoms with Crippen molar-refractivity contribution in [2.24, 2.45) is 5.92 Å². The van der Waals surface area contributed by atoms with Crippen molar-refractivity contribution in [1.29, 1.82) is 0 Å². The van der Waals surface area contributed by atoms with Gasteiger partial charge in [0.05, 0.1) is 31.4 Å². The lowest BCUT2D eigenvalue weighted by Crippen LogP contribution is -2.29. The molecule has 0 saturated carbocycles. The Morgan fingerprint density at radius 1 is 0.958 bits per heavy atom. The lowest BCUT2D eigenvalue weighted by Gasteiger charge is -2.24. The summed E-state index contributed by atoms with van der Waals surface area (Å²) in [5.74, 6) is 0.239. The van der Waals surface area contributed by atoms with Gasteiger partial charge in [0.2, 0.25) is 5.13 Å². The van der Waals surface area contributed by atoms with Crippen LogP contribution in [0.15, 0.2) is 76.6 Å². The van der Waals surface area contributed by atoms with Crippen LogP contribution in [-0.4, -0.2) is 46.8 Å². The molecule has 2 heterocycles. The number of hydrogen-bond donors (Lipinski definition) is 1. The molecule has 1 amide bonds. The van der Waals surface area contributed by atoms with Gasteiger partial charge in [0, 0.05) is 11.3 Å². The van der Waals surface area contributed by atoms with E-state index in [0.29, 0.717) is 64.2 Å². The van der Waals surface area contributed by atoms with E-state index < -0.39 is 17.7 Å². The number of thioether (sulfide) groups is 1. The molecule has 1 aliphatic rings. The second-order valence-electron chi connectivity index (χ2n) is 11.5. The van der Waals surface area contributed by atoms with Crippen molar-refractivity contribution in [3.63, 3.8) is 0 Å². The zero-order valence-corrected chi connectivity index (χ0v) is 28.9. The Kier molecular flexibility index (Phi) is 11.7. The highest BCUT2D eigenvalue weighted by Crippen LogP contribution is 2.46. The Hall–Kier alpha value is -4.42. The minimum atomic E-state index is -1.03. The van der Waals surface area contributed by atoms with Gasteiger partial charge in [0.15, 0.2) is 15.8 Å². The van der Waals surface area contributed by atoms with Gasteiger partial charge >= 0.3 is 5.91 Å². The fraction of sp³-hybridized carbons (Fsp3) is 0.333. The van der Waals surface area contributed by atoms with Gasteiger partial charge in [-0.25, -0.2) is 4.39 Å². The molecule has 0 aliphatic carbocycles. The predicted octanol–water partition coefficient (Wildman–Crippen LogP) is 8.21. The molecular weight excluding hydrogens is 654 g/mol. The molecule has 1 fully saturated rings. The van der Waals surface area contributed by atoms with E-state index in [0.717, 1.165) is 29.7 Å². The molecule has 0 bridgehead atoms. The quantitative estimate of drug-likeness (QED) is 0.0434. The SMILES string of the molecule is CCCOc1ccc(/C(O)=C2\C(=O)C(=O)N(c3nnc(SCc4ccc(F)cc4)s3)C2c2ccc(OCCC(C)C)c(OCC)c2)cc1. The van der Waals surface area contributed by atoms with Gasteiger partial charge in [0.25, 0.3) is 5.78 Å². The number of ether oxygens (including phenoxy) is 3. The van der Waals surface area contributed by atoms with Gasteiger partial charge in [-0.2, -0.15) is 0 Å². The molecule has 1 saturated heterocycles. The van der Waals surface area contributed by atoms with Crippen molar-refractivity contribution in [2.45, 2.75) is 56.7 Å². The molecule has 12 heteroatoms. The summed E-state index contributed by atoms with van der Waals surface area (Å²) < 4.78 is 31.6. The molecule has 1 N–H and O–H groups in total. The molecule has 1 atom stereocenters. The second kappa shape index (κ2) is 16.1. The van der Waals surface area contributed by atoms with Gasteiger partial charge in [-0.15, -0.1) is 10.2 Å². The number of hydrogen-bond acceptors (Lipinski definition) is 10. The summed E-state index contributed by atoms with van der Waals surface area (Å²) in [6.07, 6.45) is 1.70. The van der Waals surface area contributed by atoms with E-state index in [-0.39, 0.29) is 22.3 Å². The maximum Gasteiger partial charge on any atom is 0.301 e. The number of nitrogens with zero attached hydrogens (tertiary/aromatic N) is 3. The van der Waals surface area contributed by atoms with Crippen molar-refractivity contribution in [3.05, 3.63) is 94.8 Å². The standard InChI is InChI=1S/C36H38FN3O6S2/c1-5-18-45-27-14-9-24(10-15-27)32(41)30-31(25-11-16-28(29(20-25)44-6-2)46-19-17-22(3)4)40(34(43)33(30)42)35-38-39-36(48-35)47-21-23-7-12-26(37)13-8-23/h7-16,20,22,31,41H,5-6,17-19,21H2,1-4H3/b32-30+.